The van der Waals surface area contributed by atoms with Gasteiger partial charge in [0.1, 0.15) is 23.6 Å². The molecule has 128 valence electrons. The predicted octanol–water partition coefficient (Wildman–Crippen LogP) is 3.35. The number of amides is 1. The van der Waals surface area contributed by atoms with Crippen LogP contribution in [0, 0.1) is 11.3 Å². The minimum absolute atomic E-state index is 0.223. The first-order chi connectivity index (χ1) is 12.7. The lowest BCUT2D eigenvalue weighted by molar-refractivity contribution is 0.102. The molecule has 0 aliphatic rings. The van der Waals surface area contributed by atoms with Gasteiger partial charge in [-0.1, -0.05) is 0 Å². The van der Waals surface area contributed by atoms with Crippen LogP contribution in [0.5, 0.6) is 5.75 Å². The van der Waals surface area contributed by atoms with Crippen LogP contribution in [-0.2, 0) is 0 Å². The van der Waals surface area contributed by atoms with Crippen molar-refractivity contribution >= 4 is 23.1 Å². The largest absolute Gasteiger partial charge is 0.497 e. The number of methoxy groups -OCH3 is 1. The summed E-state index contributed by atoms with van der Waals surface area (Å²) < 4.78 is 5.12. The second-order valence-electron chi connectivity index (χ2n) is 5.29. The molecular formula is C19H15N5O2. The molecule has 7 heteroatoms. The Bertz CT molecular complexity index is 947. The van der Waals surface area contributed by atoms with Crippen LogP contribution in [0.2, 0.25) is 0 Å². The predicted molar refractivity (Wildman–Crippen MR) is 97.4 cm³/mol. The summed E-state index contributed by atoms with van der Waals surface area (Å²) in [6.45, 7) is 0. The molecule has 2 aromatic carbocycles. The Morgan fingerprint density at radius 3 is 2.38 bits per heavy atom. The summed E-state index contributed by atoms with van der Waals surface area (Å²) in [4.78, 5) is 20.5. The van der Waals surface area contributed by atoms with Crippen molar-refractivity contribution in [2.45, 2.75) is 0 Å². The van der Waals surface area contributed by atoms with Crippen molar-refractivity contribution in [3.8, 4) is 11.8 Å². The molecule has 7 nitrogen and oxygen atoms in total. The van der Waals surface area contributed by atoms with E-state index in [-0.39, 0.29) is 11.6 Å². The van der Waals surface area contributed by atoms with Crippen molar-refractivity contribution in [2.75, 3.05) is 17.7 Å². The third kappa shape index (κ3) is 4.13. The molecule has 0 atom stereocenters. The summed E-state index contributed by atoms with van der Waals surface area (Å²) >= 11 is 0. The van der Waals surface area contributed by atoms with Crippen molar-refractivity contribution in [1.29, 1.82) is 5.26 Å². The van der Waals surface area contributed by atoms with Gasteiger partial charge < -0.3 is 15.4 Å². The Balaban J connectivity index is 1.71. The molecule has 1 heterocycles. The summed E-state index contributed by atoms with van der Waals surface area (Å²) in [6.07, 6.45) is 1.32. The fraction of sp³-hybridized carbons (Fsp3) is 0.0526. The van der Waals surface area contributed by atoms with Gasteiger partial charge in [0.15, 0.2) is 0 Å². The molecule has 0 spiro atoms. The second kappa shape index (κ2) is 7.77. The number of aromatic nitrogens is 2. The molecule has 0 fully saturated rings. The normalized spacial score (nSPS) is 9.85. The summed E-state index contributed by atoms with van der Waals surface area (Å²) in [5.41, 5.74) is 2.14. The molecule has 0 bridgehead atoms. The molecule has 0 unspecified atom stereocenters. The monoisotopic (exact) mass is 345 g/mol. The van der Waals surface area contributed by atoms with E-state index in [0.29, 0.717) is 17.1 Å². The molecule has 3 rings (SSSR count). The number of hydrogen-bond acceptors (Lipinski definition) is 6. The van der Waals surface area contributed by atoms with E-state index in [0.717, 1.165) is 11.4 Å². The van der Waals surface area contributed by atoms with Gasteiger partial charge in [0, 0.05) is 17.4 Å². The Labute approximate surface area is 150 Å². The van der Waals surface area contributed by atoms with Gasteiger partial charge >= 0.3 is 0 Å². The zero-order valence-electron chi connectivity index (χ0n) is 13.9. The van der Waals surface area contributed by atoms with Crippen molar-refractivity contribution in [3.63, 3.8) is 0 Å². The van der Waals surface area contributed by atoms with Gasteiger partial charge in [-0.05, 0) is 48.5 Å². The quantitative estimate of drug-likeness (QED) is 0.735. The zero-order chi connectivity index (χ0) is 18.4. The topological polar surface area (TPSA) is 99.9 Å². The lowest BCUT2D eigenvalue weighted by Crippen LogP contribution is -2.14. The van der Waals surface area contributed by atoms with E-state index >= 15 is 0 Å². The van der Waals surface area contributed by atoms with E-state index in [2.05, 4.69) is 20.6 Å². The molecule has 0 aliphatic heterocycles. The lowest BCUT2D eigenvalue weighted by atomic mass is 10.2. The minimum atomic E-state index is -0.366. The van der Waals surface area contributed by atoms with Gasteiger partial charge in [-0.2, -0.15) is 5.26 Å². The average Bonchev–Trinajstić information content (AvgIpc) is 2.69. The van der Waals surface area contributed by atoms with Crippen LogP contribution in [-0.4, -0.2) is 23.0 Å². The third-order valence-electron chi connectivity index (χ3n) is 3.53. The molecule has 0 radical (unpaired) electrons. The molecule has 1 aromatic heterocycles. The number of rotatable bonds is 5. The first-order valence-electron chi connectivity index (χ1n) is 7.72. The molecule has 2 N–H and O–H groups in total. The minimum Gasteiger partial charge on any atom is -0.497 e. The van der Waals surface area contributed by atoms with Crippen LogP contribution in [0.3, 0.4) is 0 Å². The van der Waals surface area contributed by atoms with Crippen molar-refractivity contribution in [2.24, 2.45) is 0 Å². The standard InChI is InChI=1S/C19H15N5O2/c1-26-16-8-6-14(7-9-16)23-18-10-17(21-12-22-18)19(25)24-15-4-2-13(11-20)3-5-15/h2-10,12H,1H3,(H,24,25)(H,21,22,23). The Kier molecular flexibility index (Phi) is 5.05. The van der Waals surface area contributed by atoms with Gasteiger partial charge in [0.05, 0.1) is 18.7 Å². The van der Waals surface area contributed by atoms with Crippen LogP contribution < -0.4 is 15.4 Å². The van der Waals surface area contributed by atoms with Crippen LogP contribution >= 0.6 is 0 Å². The third-order valence-corrected chi connectivity index (χ3v) is 3.53. The van der Waals surface area contributed by atoms with Gasteiger partial charge in [-0.25, -0.2) is 9.97 Å². The summed E-state index contributed by atoms with van der Waals surface area (Å²) in [6, 6.07) is 17.5. The van der Waals surface area contributed by atoms with Crippen LogP contribution in [0.4, 0.5) is 17.2 Å². The average molecular weight is 345 g/mol. The summed E-state index contributed by atoms with van der Waals surface area (Å²) in [7, 11) is 1.60. The number of ether oxygens (including phenoxy) is 1. The highest BCUT2D eigenvalue weighted by atomic mass is 16.5. The van der Waals surface area contributed by atoms with Gasteiger partial charge in [0.2, 0.25) is 0 Å². The number of carbonyl (C=O) groups excluding carboxylic acids is 1. The van der Waals surface area contributed by atoms with Gasteiger partial charge in [0.25, 0.3) is 5.91 Å². The SMILES string of the molecule is COc1ccc(Nc2cc(C(=O)Nc3ccc(C#N)cc3)ncn2)cc1. The van der Waals surface area contributed by atoms with E-state index in [9.17, 15) is 4.79 Å². The Morgan fingerprint density at radius 2 is 1.73 bits per heavy atom. The molecular weight excluding hydrogens is 330 g/mol. The summed E-state index contributed by atoms with van der Waals surface area (Å²) in [5, 5.41) is 14.6. The molecule has 1 amide bonds. The zero-order valence-corrected chi connectivity index (χ0v) is 13.9. The number of nitrogens with zero attached hydrogens (tertiary/aromatic N) is 3. The maximum Gasteiger partial charge on any atom is 0.274 e. The van der Waals surface area contributed by atoms with Crippen LogP contribution in [0.25, 0.3) is 0 Å². The number of anilines is 3. The van der Waals surface area contributed by atoms with E-state index in [1.807, 2.05) is 30.3 Å². The molecule has 0 saturated heterocycles. The molecule has 0 aliphatic carbocycles. The Hall–Kier alpha value is -3.92. The van der Waals surface area contributed by atoms with E-state index < -0.39 is 0 Å². The van der Waals surface area contributed by atoms with Gasteiger partial charge in [-0.15, -0.1) is 0 Å². The highest BCUT2D eigenvalue weighted by molar-refractivity contribution is 6.03. The highest BCUT2D eigenvalue weighted by Crippen LogP contribution is 2.19. The maximum atomic E-state index is 12.3. The number of hydrogen-bond donors (Lipinski definition) is 2. The molecule has 0 saturated carbocycles. The summed E-state index contributed by atoms with van der Waals surface area (Å²) in [5.74, 6) is 0.880. The fourth-order valence-electron chi connectivity index (χ4n) is 2.20. The highest BCUT2D eigenvalue weighted by Gasteiger charge is 2.09. The maximum absolute atomic E-state index is 12.3. The van der Waals surface area contributed by atoms with Crippen molar-refractivity contribution < 1.29 is 9.53 Å². The number of benzene rings is 2. The fourth-order valence-corrected chi connectivity index (χ4v) is 2.20. The first kappa shape index (κ1) is 16.9. The smallest absolute Gasteiger partial charge is 0.274 e. The van der Waals surface area contributed by atoms with Crippen LogP contribution in [0.1, 0.15) is 16.1 Å². The van der Waals surface area contributed by atoms with E-state index in [1.54, 1.807) is 37.4 Å². The van der Waals surface area contributed by atoms with Gasteiger partial charge in [-0.3, -0.25) is 4.79 Å². The molecule has 3 aromatic rings. The van der Waals surface area contributed by atoms with Crippen molar-refractivity contribution in [1.82, 2.24) is 9.97 Å². The number of carbonyl (C=O) groups is 1. The Morgan fingerprint density at radius 1 is 1.04 bits per heavy atom. The van der Waals surface area contributed by atoms with Crippen molar-refractivity contribution in [3.05, 3.63) is 72.2 Å². The number of nitrogens with one attached hydrogen (secondary N) is 2. The van der Waals surface area contributed by atoms with E-state index in [1.165, 1.54) is 6.33 Å². The van der Waals surface area contributed by atoms with E-state index in [4.69, 9.17) is 10.00 Å². The lowest BCUT2D eigenvalue weighted by Gasteiger charge is -2.08. The van der Waals surface area contributed by atoms with Crippen LogP contribution in [0.15, 0.2) is 60.9 Å². The molecule has 26 heavy (non-hydrogen) atoms. The second-order valence-corrected chi connectivity index (χ2v) is 5.29. The first-order valence-corrected chi connectivity index (χ1v) is 7.72. The number of nitriles is 1.